The highest BCUT2D eigenvalue weighted by Crippen LogP contribution is 2.36. The molecule has 8 nitrogen and oxygen atoms in total. The fourth-order valence-electron chi connectivity index (χ4n) is 6.20. The van der Waals surface area contributed by atoms with Gasteiger partial charge in [0, 0.05) is 49.5 Å². The minimum Gasteiger partial charge on any atom is -0.378 e. The lowest BCUT2D eigenvalue weighted by atomic mass is 9.87. The average Bonchev–Trinajstić information content (AvgIpc) is 3.32. The molecule has 188 valence electrons. The zero-order chi connectivity index (χ0) is 24.2. The van der Waals surface area contributed by atoms with Crippen LogP contribution in [0.3, 0.4) is 0 Å². The number of pyridine rings is 1. The molecule has 4 fully saturated rings. The Balaban J connectivity index is 1.24. The van der Waals surface area contributed by atoms with Crippen LogP contribution >= 0.6 is 11.6 Å². The van der Waals surface area contributed by atoms with Crippen LogP contribution in [-0.4, -0.2) is 77.4 Å². The van der Waals surface area contributed by atoms with Gasteiger partial charge in [-0.25, -0.2) is 9.78 Å². The van der Waals surface area contributed by atoms with Gasteiger partial charge >= 0.3 is 6.03 Å². The van der Waals surface area contributed by atoms with E-state index in [9.17, 15) is 4.79 Å². The van der Waals surface area contributed by atoms with E-state index in [0.717, 1.165) is 61.1 Å². The van der Waals surface area contributed by atoms with Gasteiger partial charge in [-0.2, -0.15) is 0 Å². The van der Waals surface area contributed by atoms with Crippen molar-refractivity contribution in [2.75, 3.05) is 39.5 Å². The number of rotatable bonds is 2. The number of hydrogen-bond acceptors (Lipinski definition) is 5. The average molecular weight is 508 g/mol. The third kappa shape index (κ3) is 3.87. The van der Waals surface area contributed by atoms with Crippen molar-refractivity contribution in [1.29, 1.82) is 0 Å². The number of carbonyl (C=O) groups is 1. The minimum atomic E-state index is 0.0921. The number of aromatic amines is 1. The quantitative estimate of drug-likeness (QED) is 0.550. The van der Waals surface area contributed by atoms with Gasteiger partial charge in [0.05, 0.1) is 43.0 Å². The fraction of sp³-hybridized carbons (Fsp3) is 0.481. The van der Waals surface area contributed by atoms with Crippen LogP contribution in [0.25, 0.3) is 22.2 Å². The molecule has 8 rings (SSSR count). The van der Waals surface area contributed by atoms with Gasteiger partial charge in [0.1, 0.15) is 5.65 Å². The van der Waals surface area contributed by atoms with E-state index in [1.807, 2.05) is 11.1 Å². The van der Waals surface area contributed by atoms with Crippen molar-refractivity contribution in [3.8, 4) is 11.1 Å². The number of hydrogen-bond donors (Lipinski definition) is 2. The maximum absolute atomic E-state index is 13.6. The largest absolute Gasteiger partial charge is 0.378 e. The molecule has 7 heterocycles. The minimum absolute atomic E-state index is 0.0921. The first kappa shape index (κ1) is 22.5. The molecule has 2 aromatic heterocycles. The van der Waals surface area contributed by atoms with Gasteiger partial charge in [-0.15, -0.1) is 0 Å². The van der Waals surface area contributed by atoms with E-state index in [1.54, 1.807) is 6.20 Å². The zero-order valence-corrected chi connectivity index (χ0v) is 20.9. The monoisotopic (exact) mass is 507 g/mol. The van der Waals surface area contributed by atoms with Crippen LogP contribution < -0.4 is 5.32 Å². The van der Waals surface area contributed by atoms with Crippen molar-refractivity contribution in [2.24, 2.45) is 0 Å². The Labute approximate surface area is 214 Å². The standard InChI is InChI=1S/C27H30ClN5O3/c28-24-11-31-26-22(24)9-18(10-30-26)17-7-16-3-5-32(27(34)33-12-20-2-1-19(33)14-36-20)13-23(16)21(8-17)25-15-35-6-4-29-25/h7-11,19-20,25,29H,1-6,12-15H2,(H,30,31). The van der Waals surface area contributed by atoms with Crippen LogP contribution in [0.5, 0.6) is 0 Å². The van der Waals surface area contributed by atoms with Crippen LogP contribution in [0.15, 0.2) is 30.6 Å². The first-order chi connectivity index (χ1) is 17.6. The number of nitrogens with one attached hydrogen (secondary N) is 2. The number of ether oxygens (including phenoxy) is 2. The van der Waals surface area contributed by atoms with Crippen LogP contribution in [0.1, 0.15) is 35.6 Å². The Bertz CT molecular complexity index is 1310. The van der Waals surface area contributed by atoms with E-state index in [4.69, 9.17) is 21.1 Å². The van der Waals surface area contributed by atoms with Crippen LogP contribution in [-0.2, 0) is 22.4 Å². The number of aromatic nitrogens is 2. The van der Waals surface area contributed by atoms with Gasteiger partial charge in [-0.1, -0.05) is 17.7 Å². The molecule has 3 unspecified atom stereocenters. The number of benzene rings is 1. The van der Waals surface area contributed by atoms with Gasteiger partial charge in [-0.05, 0) is 53.6 Å². The molecule has 0 radical (unpaired) electrons. The van der Waals surface area contributed by atoms with Crippen molar-refractivity contribution < 1.29 is 14.3 Å². The maximum atomic E-state index is 13.6. The summed E-state index contributed by atoms with van der Waals surface area (Å²) in [5, 5.41) is 5.22. The molecule has 0 spiro atoms. The Morgan fingerprint density at radius 1 is 1.17 bits per heavy atom. The smallest absolute Gasteiger partial charge is 0.320 e. The molecule has 1 aromatic carbocycles. The summed E-state index contributed by atoms with van der Waals surface area (Å²) in [5.41, 5.74) is 6.69. The van der Waals surface area contributed by atoms with E-state index >= 15 is 0 Å². The SMILES string of the molecule is O=C(N1CCc2cc(-c3cnc4[nH]cc(Cl)c4c3)cc(C3COCCN3)c2C1)N1CC2CCC1CO2. The molecular weight excluding hydrogens is 478 g/mol. The van der Waals surface area contributed by atoms with Gasteiger partial charge < -0.3 is 29.6 Å². The van der Waals surface area contributed by atoms with E-state index in [2.05, 4.69) is 38.4 Å². The first-order valence-electron chi connectivity index (χ1n) is 12.9. The molecule has 5 aliphatic rings. The van der Waals surface area contributed by atoms with Crippen LogP contribution in [0, 0.1) is 0 Å². The molecule has 9 heteroatoms. The lowest BCUT2D eigenvalue weighted by Gasteiger charge is -2.47. The number of H-pyrrole nitrogens is 1. The van der Waals surface area contributed by atoms with Gasteiger partial charge in [-0.3, -0.25) is 0 Å². The molecule has 2 N–H and O–H groups in total. The summed E-state index contributed by atoms with van der Waals surface area (Å²) < 4.78 is 11.7. The number of amides is 2. The van der Waals surface area contributed by atoms with Crippen LogP contribution in [0.4, 0.5) is 4.79 Å². The maximum Gasteiger partial charge on any atom is 0.320 e. The highest BCUT2D eigenvalue weighted by atomic mass is 35.5. The van der Waals surface area contributed by atoms with E-state index in [1.165, 1.54) is 16.7 Å². The second kappa shape index (κ2) is 9.03. The number of nitrogens with zero attached hydrogens (tertiary/aromatic N) is 3. The Kier molecular flexibility index (Phi) is 5.65. The number of halogens is 1. The number of piperidine rings is 1. The highest BCUT2D eigenvalue weighted by Gasteiger charge is 2.40. The summed E-state index contributed by atoms with van der Waals surface area (Å²) in [6.07, 6.45) is 6.80. The second-order valence-corrected chi connectivity index (χ2v) is 10.7. The lowest BCUT2D eigenvalue weighted by molar-refractivity contribution is -0.0923. The Morgan fingerprint density at radius 2 is 2.11 bits per heavy atom. The third-order valence-electron chi connectivity index (χ3n) is 8.19. The van der Waals surface area contributed by atoms with Gasteiger partial charge in [0.2, 0.25) is 0 Å². The third-order valence-corrected chi connectivity index (χ3v) is 8.50. The van der Waals surface area contributed by atoms with E-state index < -0.39 is 0 Å². The van der Waals surface area contributed by atoms with Crippen molar-refractivity contribution in [1.82, 2.24) is 25.1 Å². The Morgan fingerprint density at radius 3 is 2.89 bits per heavy atom. The first-order valence-corrected chi connectivity index (χ1v) is 13.3. The molecule has 0 saturated carbocycles. The van der Waals surface area contributed by atoms with Crippen molar-refractivity contribution >= 4 is 28.7 Å². The summed E-state index contributed by atoms with van der Waals surface area (Å²) in [5.74, 6) is 0. The molecule has 2 bridgehead atoms. The Hall–Kier alpha value is -2.65. The second-order valence-electron chi connectivity index (χ2n) is 10.3. The molecule has 3 atom stereocenters. The zero-order valence-electron chi connectivity index (χ0n) is 20.1. The van der Waals surface area contributed by atoms with Crippen molar-refractivity contribution in [3.05, 3.63) is 52.3 Å². The number of fused-ring (bicyclic) bond motifs is 5. The summed E-state index contributed by atoms with van der Waals surface area (Å²) in [7, 11) is 0. The highest BCUT2D eigenvalue weighted by molar-refractivity contribution is 6.35. The van der Waals surface area contributed by atoms with Crippen molar-refractivity contribution in [3.63, 3.8) is 0 Å². The van der Waals surface area contributed by atoms with Gasteiger partial charge in [0.25, 0.3) is 0 Å². The summed E-state index contributed by atoms with van der Waals surface area (Å²) in [6.45, 7) is 4.88. The molecule has 2 amide bonds. The predicted octanol–water partition coefficient (Wildman–Crippen LogP) is 3.89. The molecule has 4 saturated heterocycles. The van der Waals surface area contributed by atoms with E-state index in [-0.39, 0.29) is 24.2 Å². The number of carbonyl (C=O) groups excluding carboxylic acids is 1. The normalized spacial score (nSPS) is 25.9. The van der Waals surface area contributed by atoms with Crippen LogP contribution in [0.2, 0.25) is 5.02 Å². The molecule has 3 aromatic rings. The van der Waals surface area contributed by atoms with Gasteiger partial charge in [0.15, 0.2) is 0 Å². The summed E-state index contributed by atoms with van der Waals surface area (Å²) >= 11 is 6.39. The summed E-state index contributed by atoms with van der Waals surface area (Å²) in [6, 6.07) is 7.07. The predicted molar refractivity (Wildman–Crippen MR) is 137 cm³/mol. The fourth-order valence-corrected chi connectivity index (χ4v) is 6.40. The number of morpholine rings is 2. The molecule has 0 aliphatic carbocycles. The topological polar surface area (TPSA) is 82.7 Å². The van der Waals surface area contributed by atoms with Crippen molar-refractivity contribution in [2.45, 2.75) is 44.0 Å². The molecular formula is C27H30ClN5O3. The number of urea groups is 1. The van der Waals surface area contributed by atoms with E-state index in [0.29, 0.717) is 31.3 Å². The summed E-state index contributed by atoms with van der Waals surface area (Å²) in [4.78, 5) is 25.4. The molecule has 36 heavy (non-hydrogen) atoms. The lowest BCUT2D eigenvalue weighted by Crippen LogP contribution is -2.60. The molecule has 5 aliphatic heterocycles.